The molecular weight excluding hydrogens is 140 g/mol. The van der Waals surface area contributed by atoms with Crippen LogP contribution in [0.5, 0.6) is 0 Å². The minimum absolute atomic E-state index is 0.538. The fraction of sp³-hybridized carbons (Fsp3) is 0.143. The monoisotopic (exact) mass is 148 g/mol. The number of hydrogen-bond donors (Lipinski definition) is 1. The van der Waals surface area contributed by atoms with Gasteiger partial charge in [0.05, 0.1) is 5.56 Å². The van der Waals surface area contributed by atoms with E-state index in [1.165, 1.54) is 11.2 Å². The first-order valence-electron chi connectivity index (χ1n) is 3.08. The second kappa shape index (κ2) is 2.99. The maximum absolute atomic E-state index is 8.43. The minimum Gasteiger partial charge on any atom is -0.298 e. The Kier molecular flexibility index (Phi) is 2.04. The van der Waals surface area contributed by atoms with Gasteiger partial charge in [-0.3, -0.25) is 5.01 Å². The van der Waals surface area contributed by atoms with Crippen LogP contribution in [0, 0.1) is 11.3 Å². The fourth-order valence-electron chi connectivity index (χ4n) is 0.661. The predicted octanol–water partition coefficient (Wildman–Crippen LogP) is 0.263. The molecule has 0 aromatic carbocycles. The number of nitriles is 1. The summed E-state index contributed by atoms with van der Waals surface area (Å²) in [6.07, 6.45) is 1.48. The van der Waals surface area contributed by atoms with Crippen LogP contribution in [0.4, 0.5) is 5.82 Å². The van der Waals surface area contributed by atoms with E-state index in [0.29, 0.717) is 11.4 Å². The third-order valence-corrected chi connectivity index (χ3v) is 1.24. The Morgan fingerprint density at radius 2 is 2.36 bits per heavy atom. The van der Waals surface area contributed by atoms with Gasteiger partial charge in [0.15, 0.2) is 0 Å². The van der Waals surface area contributed by atoms with Crippen molar-refractivity contribution < 1.29 is 0 Å². The van der Waals surface area contributed by atoms with Crippen molar-refractivity contribution in [2.75, 3.05) is 12.1 Å². The van der Waals surface area contributed by atoms with Gasteiger partial charge in [-0.15, -0.1) is 0 Å². The molecule has 1 aromatic rings. The molecule has 1 rings (SSSR count). The first-order valence-corrected chi connectivity index (χ1v) is 3.08. The Bertz CT molecular complexity index is 269. The molecule has 0 fully saturated rings. The Hall–Kier alpha value is -1.60. The lowest BCUT2D eigenvalue weighted by molar-refractivity contribution is 0.976. The Balaban J connectivity index is 2.94. The highest BCUT2D eigenvalue weighted by Gasteiger charge is 1.95. The molecule has 0 saturated carbocycles. The van der Waals surface area contributed by atoms with E-state index in [1.807, 2.05) is 6.07 Å². The maximum Gasteiger partial charge on any atom is 0.142 e. The number of anilines is 1. The first-order chi connectivity index (χ1) is 5.24. The maximum atomic E-state index is 8.43. The summed E-state index contributed by atoms with van der Waals surface area (Å²) < 4.78 is 0. The lowest BCUT2D eigenvalue weighted by atomic mass is 10.3. The summed E-state index contributed by atoms with van der Waals surface area (Å²) in [5, 5.41) is 9.82. The van der Waals surface area contributed by atoms with Crippen molar-refractivity contribution in [3.05, 3.63) is 23.9 Å². The Labute approximate surface area is 64.8 Å². The van der Waals surface area contributed by atoms with Crippen LogP contribution in [0.1, 0.15) is 5.56 Å². The Morgan fingerprint density at radius 3 is 2.73 bits per heavy atom. The number of aromatic nitrogens is 1. The molecule has 0 bridgehead atoms. The zero-order chi connectivity index (χ0) is 8.27. The van der Waals surface area contributed by atoms with Crippen LogP contribution < -0.4 is 10.9 Å². The van der Waals surface area contributed by atoms with Gasteiger partial charge in [0.25, 0.3) is 0 Å². The van der Waals surface area contributed by atoms with Crippen LogP contribution in [0.25, 0.3) is 0 Å². The smallest absolute Gasteiger partial charge is 0.142 e. The SMILES string of the molecule is CN(N)c1ccc(C#N)cn1. The predicted molar refractivity (Wildman–Crippen MR) is 41.5 cm³/mol. The average Bonchev–Trinajstić information content (AvgIpc) is 2.05. The molecule has 1 aromatic heterocycles. The van der Waals surface area contributed by atoms with Crippen LogP contribution in [0.15, 0.2) is 18.3 Å². The normalized spacial score (nSPS) is 8.82. The lowest BCUT2D eigenvalue weighted by Gasteiger charge is -2.08. The molecular formula is C7H8N4. The van der Waals surface area contributed by atoms with Crippen molar-refractivity contribution >= 4 is 5.82 Å². The second-order valence-corrected chi connectivity index (χ2v) is 2.13. The van der Waals surface area contributed by atoms with E-state index in [0.717, 1.165) is 0 Å². The summed E-state index contributed by atoms with van der Waals surface area (Å²) >= 11 is 0. The average molecular weight is 148 g/mol. The number of nitrogens with two attached hydrogens (primary N) is 1. The molecule has 2 N–H and O–H groups in total. The molecule has 4 nitrogen and oxygen atoms in total. The number of nitrogens with zero attached hydrogens (tertiary/aromatic N) is 3. The molecule has 0 amide bonds. The quantitative estimate of drug-likeness (QED) is 0.458. The topological polar surface area (TPSA) is 65.9 Å². The molecule has 0 saturated heterocycles. The third kappa shape index (κ3) is 1.66. The van der Waals surface area contributed by atoms with Gasteiger partial charge in [0.2, 0.25) is 0 Å². The number of hydrogen-bond acceptors (Lipinski definition) is 4. The highest BCUT2D eigenvalue weighted by Crippen LogP contribution is 2.04. The van der Waals surface area contributed by atoms with Crippen LogP contribution in [0.2, 0.25) is 0 Å². The van der Waals surface area contributed by atoms with E-state index in [9.17, 15) is 0 Å². The Morgan fingerprint density at radius 1 is 1.64 bits per heavy atom. The van der Waals surface area contributed by atoms with E-state index in [1.54, 1.807) is 19.2 Å². The minimum atomic E-state index is 0.538. The molecule has 0 spiro atoms. The van der Waals surface area contributed by atoms with E-state index >= 15 is 0 Å². The number of rotatable bonds is 1. The summed E-state index contributed by atoms with van der Waals surface area (Å²) in [5.41, 5.74) is 0.538. The van der Waals surface area contributed by atoms with E-state index in [-0.39, 0.29) is 0 Å². The van der Waals surface area contributed by atoms with Gasteiger partial charge >= 0.3 is 0 Å². The van der Waals surface area contributed by atoms with E-state index < -0.39 is 0 Å². The summed E-state index contributed by atoms with van der Waals surface area (Å²) in [7, 11) is 1.69. The van der Waals surface area contributed by atoms with Crippen molar-refractivity contribution in [1.29, 1.82) is 5.26 Å². The van der Waals surface area contributed by atoms with Gasteiger partial charge < -0.3 is 0 Å². The zero-order valence-corrected chi connectivity index (χ0v) is 6.15. The third-order valence-electron chi connectivity index (χ3n) is 1.24. The van der Waals surface area contributed by atoms with Crippen LogP contribution >= 0.6 is 0 Å². The molecule has 0 unspecified atom stereocenters. The van der Waals surface area contributed by atoms with Gasteiger partial charge in [-0.05, 0) is 12.1 Å². The van der Waals surface area contributed by atoms with Gasteiger partial charge in [0, 0.05) is 13.2 Å². The summed E-state index contributed by atoms with van der Waals surface area (Å²) in [6.45, 7) is 0. The molecule has 56 valence electrons. The van der Waals surface area contributed by atoms with Crippen molar-refractivity contribution in [3.63, 3.8) is 0 Å². The van der Waals surface area contributed by atoms with Gasteiger partial charge in [-0.2, -0.15) is 5.26 Å². The molecule has 11 heavy (non-hydrogen) atoms. The fourth-order valence-corrected chi connectivity index (χ4v) is 0.661. The highest BCUT2D eigenvalue weighted by atomic mass is 15.4. The largest absolute Gasteiger partial charge is 0.298 e. The molecule has 0 radical (unpaired) electrons. The van der Waals surface area contributed by atoms with Gasteiger partial charge in [0.1, 0.15) is 11.9 Å². The number of pyridine rings is 1. The lowest BCUT2D eigenvalue weighted by Crippen LogP contribution is -2.25. The van der Waals surface area contributed by atoms with Crippen molar-refractivity contribution in [1.82, 2.24) is 4.98 Å². The number of hydrazine groups is 1. The second-order valence-electron chi connectivity index (χ2n) is 2.13. The zero-order valence-electron chi connectivity index (χ0n) is 6.15. The highest BCUT2D eigenvalue weighted by molar-refractivity contribution is 5.39. The van der Waals surface area contributed by atoms with Crippen LogP contribution in [0.3, 0.4) is 0 Å². The standard InChI is InChI=1S/C7H8N4/c1-11(9)7-3-2-6(4-8)5-10-7/h2-3,5H,9H2,1H3. The van der Waals surface area contributed by atoms with Gasteiger partial charge in [-0.1, -0.05) is 0 Å². The van der Waals surface area contributed by atoms with Crippen LogP contribution in [-0.4, -0.2) is 12.0 Å². The molecule has 0 atom stereocenters. The van der Waals surface area contributed by atoms with E-state index in [2.05, 4.69) is 4.98 Å². The van der Waals surface area contributed by atoms with Crippen molar-refractivity contribution in [2.24, 2.45) is 5.84 Å². The summed E-state index contributed by atoms with van der Waals surface area (Å²) in [4.78, 5) is 3.93. The first kappa shape index (κ1) is 7.51. The van der Waals surface area contributed by atoms with Crippen LogP contribution in [-0.2, 0) is 0 Å². The molecule has 1 heterocycles. The van der Waals surface area contributed by atoms with Crippen molar-refractivity contribution in [2.45, 2.75) is 0 Å². The van der Waals surface area contributed by atoms with Crippen molar-refractivity contribution in [3.8, 4) is 6.07 Å². The summed E-state index contributed by atoms with van der Waals surface area (Å²) in [6, 6.07) is 5.34. The van der Waals surface area contributed by atoms with E-state index in [4.69, 9.17) is 11.1 Å². The molecule has 0 aliphatic heterocycles. The molecule has 4 heteroatoms. The molecule has 0 aliphatic rings. The van der Waals surface area contributed by atoms with Gasteiger partial charge in [-0.25, -0.2) is 10.8 Å². The summed E-state index contributed by atoms with van der Waals surface area (Å²) in [5.74, 6) is 6.04. The molecule has 0 aliphatic carbocycles.